The van der Waals surface area contributed by atoms with Gasteiger partial charge in [-0.15, -0.1) is 0 Å². The number of carbonyl (C=O) groups excluding carboxylic acids is 1. The lowest BCUT2D eigenvalue weighted by molar-refractivity contribution is 0.0927. The largest absolute Gasteiger partial charge is 0.436 e. The minimum Gasteiger partial charge on any atom is -0.436 e. The number of hydrogen-bond donors (Lipinski definition) is 1. The van der Waals surface area contributed by atoms with E-state index in [1.807, 2.05) is 6.92 Å². The standard InChI is InChI=1S/C7H10N2O2/c1-3-8-7(10)6-4-9-5(2)11-6/h4H,3H2,1-2H3,(H,8,10). The van der Waals surface area contributed by atoms with E-state index < -0.39 is 0 Å². The van der Waals surface area contributed by atoms with Gasteiger partial charge < -0.3 is 9.73 Å². The number of carbonyl (C=O) groups is 1. The first-order valence-corrected chi connectivity index (χ1v) is 3.44. The van der Waals surface area contributed by atoms with Crippen LogP contribution in [0.4, 0.5) is 0 Å². The third-order valence-corrected chi connectivity index (χ3v) is 1.18. The molecule has 0 bridgehead atoms. The molecule has 1 N–H and O–H groups in total. The van der Waals surface area contributed by atoms with Crippen molar-refractivity contribution in [2.45, 2.75) is 13.8 Å². The van der Waals surface area contributed by atoms with Crippen molar-refractivity contribution in [1.29, 1.82) is 0 Å². The average molecular weight is 154 g/mol. The lowest BCUT2D eigenvalue weighted by atomic mass is 10.5. The molecule has 0 saturated carbocycles. The van der Waals surface area contributed by atoms with Crippen LogP contribution in [0.1, 0.15) is 23.4 Å². The molecule has 0 saturated heterocycles. The van der Waals surface area contributed by atoms with Crippen molar-refractivity contribution >= 4 is 5.91 Å². The fourth-order valence-electron chi connectivity index (χ4n) is 0.714. The molecule has 60 valence electrons. The van der Waals surface area contributed by atoms with Gasteiger partial charge in [0.1, 0.15) is 0 Å². The van der Waals surface area contributed by atoms with Crippen molar-refractivity contribution in [3.8, 4) is 0 Å². The van der Waals surface area contributed by atoms with Gasteiger partial charge in [-0.3, -0.25) is 4.79 Å². The maximum absolute atomic E-state index is 11.0. The summed E-state index contributed by atoms with van der Waals surface area (Å²) in [6.45, 7) is 4.14. The van der Waals surface area contributed by atoms with E-state index in [0.717, 1.165) is 0 Å². The first-order chi connectivity index (χ1) is 5.24. The highest BCUT2D eigenvalue weighted by atomic mass is 16.4. The van der Waals surface area contributed by atoms with E-state index in [1.54, 1.807) is 6.92 Å². The molecule has 4 heteroatoms. The van der Waals surface area contributed by atoms with Gasteiger partial charge in [0.25, 0.3) is 5.91 Å². The molecule has 0 aliphatic rings. The van der Waals surface area contributed by atoms with Crippen LogP contribution in [0.5, 0.6) is 0 Å². The number of aromatic nitrogens is 1. The van der Waals surface area contributed by atoms with Gasteiger partial charge in [-0.1, -0.05) is 0 Å². The molecule has 1 aromatic rings. The van der Waals surface area contributed by atoms with E-state index in [1.165, 1.54) is 6.20 Å². The number of oxazole rings is 1. The fraction of sp³-hybridized carbons (Fsp3) is 0.429. The highest BCUT2D eigenvalue weighted by Gasteiger charge is 2.08. The lowest BCUT2D eigenvalue weighted by Gasteiger charge is -1.94. The normalized spacial score (nSPS) is 9.64. The monoisotopic (exact) mass is 154 g/mol. The van der Waals surface area contributed by atoms with E-state index in [2.05, 4.69) is 10.3 Å². The summed E-state index contributed by atoms with van der Waals surface area (Å²) in [6.07, 6.45) is 1.42. The van der Waals surface area contributed by atoms with Crippen molar-refractivity contribution in [3.05, 3.63) is 17.8 Å². The summed E-state index contributed by atoms with van der Waals surface area (Å²) in [5, 5.41) is 2.60. The molecular weight excluding hydrogens is 144 g/mol. The molecule has 1 aromatic heterocycles. The van der Waals surface area contributed by atoms with E-state index >= 15 is 0 Å². The molecule has 0 fully saturated rings. The molecule has 11 heavy (non-hydrogen) atoms. The number of amides is 1. The fourth-order valence-corrected chi connectivity index (χ4v) is 0.714. The number of nitrogens with zero attached hydrogens (tertiary/aromatic N) is 1. The highest BCUT2D eigenvalue weighted by molar-refractivity contribution is 5.90. The van der Waals surface area contributed by atoms with Gasteiger partial charge in [-0.05, 0) is 6.92 Å². The molecule has 0 spiro atoms. The Hall–Kier alpha value is -1.32. The number of nitrogens with one attached hydrogen (secondary N) is 1. The zero-order chi connectivity index (χ0) is 8.27. The predicted octanol–water partition coefficient (Wildman–Crippen LogP) is 0.733. The highest BCUT2D eigenvalue weighted by Crippen LogP contribution is 2.00. The van der Waals surface area contributed by atoms with Crippen LogP contribution in [0.15, 0.2) is 10.6 Å². The summed E-state index contributed by atoms with van der Waals surface area (Å²) in [6, 6.07) is 0. The average Bonchev–Trinajstić information content (AvgIpc) is 2.36. The third kappa shape index (κ3) is 1.80. The third-order valence-electron chi connectivity index (χ3n) is 1.18. The predicted molar refractivity (Wildman–Crippen MR) is 39.2 cm³/mol. The summed E-state index contributed by atoms with van der Waals surface area (Å²) < 4.78 is 4.97. The molecule has 4 nitrogen and oxygen atoms in total. The number of hydrogen-bond acceptors (Lipinski definition) is 3. The Morgan fingerprint density at radius 3 is 3.00 bits per heavy atom. The second kappa shape index (κ2) is 3.18. The Morgan fingerprint density at radius 2 is 2.55 bits per heavy atom. The lowest BCUT2D eigenvalue weighted by Crippen LogP contribution is -2.21. The Balaban J connectivity index is 2.69. The van der Waals surface area contributed by atoms with Crippen LogP contribution in [0.2, 0.25) is 0 Å². The Labute approximate surface area is 64.6 Å². The molecule has 0 aliphatic heterocycles. The van der Waals surface area contributed by atoms with E-state index in [0.29, 0.717) is 12.4 Å². The van der Waals surface area contributed by atoms with E-state index in [-0.39, 0.29) is 11.7 Å². The molecule has 0 unspecified atom stereocenters. The zero-order valence-electron chi connectivity index (χ0n) is 6.55. The molecule has 1 rings (SSSR count). The molecule has 1 amide bonds. The van der Waals surface area contributed by atoms with E-state index in [4.69, 9.17) is 4.42 Å². The maximum atomic E-state index is 11.0. The van der Waals surface area contributed by atoms with E-state index in [9.17, 15) is 4.79 Å². The van der Waals surface area contributed by atoms with Gasteiger partial charge in [0.05, 0.1) is 6.20 Å². The molecular formula is C7H10N2O2. The van der Waals surface area contributed by atoms with Crippen LogP contribution in [0.3, 0.4) is 0 Å². The van der Waals surface area contributed by atoms with Crippen molar-refractivity contribution < 1.29 is 9.21 Å². The van der Waals surface area contributed by atoms with Gasteiger partial charge in [-0.2, -0.15) is 0 Å². The quantitative estimate of drug-likeness (QED) is 0.683. The summed E-state index contributed by atoms with van der Waals surface area (Å²) in [5.74, 6) is 0.559. The Morgan fingerprint density at radius 1 is 1.82 bits per heavy atom. The van der Waals surface area contributed by atoms with Gasteiger partial charge in [0.15, 0.2) is 5.89 Å². The zero-order valence-corrected chi connectivity index (χ0v) is 6.55. The summed E-state index contributed by atoms with van der Waals surface area (Å²) in [4.78, 5) is 14.8. The second-order valence-electron chi connectivity index (χ2n) is 2.10. The first-order valence-electron chi connectivity index (χ1n) is 3.44. The minimum absolute atomic E-state index is 0.215. The van der Waals surface area contributed by atoms with Gasteiger partial charge >= 0.3 is 0 Å². The smallest absolute Gasteiger partial charge is 0.288 e. The summed E-state index contributed by atoms with van der Waals surface area (Å²) >= 11 is 0. The SMILES string of the molecule is CCNC(=O)c1cnc(C)o1. The van der Waals surface area contributed by atoms with Crippen LogP contribution in [0, 0.1) is 6.92 Å². The number of aryl methyl sites for hydroxylation is 1. The summed E-state index contributed by atoms with van der Waals surface area (Å²) in [7, 11) is 0. The molecule has 0 atom stereocenters. The Bertz CT molecular complexity index is 255. The van der Waals surface area contributed by atoms with Gasteiger partial charge in [0.2, 0.25) is 5.76 Å². The van der Waals surface area contributed by atoms with Gasteiger partial charge in [0, 0.05) is 13.5 Å². The molecule has 1 heterocycles. The molecule has 0 radical (unpaired) electrons. The van der Waals surface area contributed by atoms with Gasteiger partial charge in [-0.25, -0.2) is 4.98 Å². The van der Waals surface area contributed by atoms with Crippen LogP contribution in [-0.2, 0) is 0 Å². The van der Waals surface area contributed by atoms with Crippen molar-refractivity contribution in [1.82, 2.24) is 10.3 Å². The maximum Gasteiger partial charge on any atom is 0.288 e. The minimum atomic E-state index is -0.215. The first kappa shape index (κ1) is 7.78. The molecule has 0 aliphatic carbocycles. The summed E-state index contributed by atoms with van der Waals surface area (Å²) in [5.41, 5.74) is 0. The molecule has 0 aromatic carbocycles. The second-order valence-corrected chi connectivity index (χ2v) is 2.10. The van der Waals surface area contributed by atoms with Crippen LogP contribution >= 0.6 is 0 Å². The van der Waals surface area contributed by atoms with Crippen molar-refractivity contribution in [2.75, 3.05) is 6.54 Å². The Kier molecular flexibility index (Phi) is 2.25. The van der Waals surface area contributed by atoms with Crippen LogP contribution in [-0.4, -0.2) is 17.4 Å². The van der Waals surface area contributed by atoms with Crippen LogP contribution in [0.25, 0.3) is 0 Å². The number of rotatable bonds is 2. The van der Waals surface area contributed by atoms with Crippen LogP contribution < -0.4 is 5.32 Å². The van der Waals surface area contributed by atoms with Crippen molar-refractivity contribution in [2.24, 2.45) is 0 Å². The van der Waals surface area contributed by atoms with Crippen molar-refractivity contribution in [3.63, 3.8) is 0 Å². The topological polar surface area (TPSA) is 55.1 Å².